The van der Waals surface area contributed by atoms with Crippen LogP contribution in [0.1, 0.15) is 36.8 Å². The van der Waals surface area contributed by atoms with E-state index in [9.17, 15) is 9.90 Å². The number of hydrogen-bond donors (Lipinski definition) is 2. The molecule has 1 aromatic rings. The van der Waals surface area contributed by atoms with E-state index in [-0.39, 0.29) is 18.6 Å². The monoisotopic (exact) mass is 300 g/mol. The fourth-order valence-corrected chi connectivity index (χ4v) is 4.61. The number of carbonyl (C=O) groups is 1. The van der Waals surface area contributed by atoms with Crippen molar-refractivity contribution in [3.63, 3.8) is 0 Å². The summed E-state index contributed by atoms with van der Waals surface area (Å²) in [5.74, 6) is 0.667. The zero-order chi connectivity index (χ0) is 15.1. The first-order valence-corrected chi connectivity index (χ1v) is 8.49. The number of aliphatic hydroxyl groups excluding tert-OH is 1. The molecule has 4 rings (SSSR count). The number of piperidine rings is 1. The molecule has 2 fully saturated rings. The van der Waals surface area contributed by atoms with Gasteiger partial charge in [0.1, 0.15) is 0 Å². The third kappa shape index (κ3) is 2.34. The summed E-state index contributed by atoms with van der Waals surface area (Å²) in [6.45, 7) is 1.05. The van der Waals surface area contributed by atoms with E-state index in [4.69, 9.17) is 0 Å². The highest BCUT2D eigenvalue weighted by molar-refractivity contribution is 5.83. The molecule has 1 unspecified atom stereocenters. The van der Waals surface area contributed by atoms with Gasteiger partial charge in [-0.15, -0.1) is 0 Å². The Morgan fingerprint density at radius 3 is 2.55 bits per heavy atom. The zero-order valence-corrected chi connectivity index (χ0v) is 12.9. The maximum absolute atomic E-state index is 13.0. The lowest BCUT2D eigenvalue weighted by atomic mass is 9.89. The van der Waals surface area contributed by atoms with Gasteiger partial charge in [-0.2, -0.15) is 0 Å². The topological polar surface area (TPSA) is 52.6 Å². The van der Waals surface area contributed by atoms with Gasteiger partial charge in [0, 0.05) is 25.2 Å². The molecular weight excluding hydrogens is 276 g/mol. The van der Waals surface area contributed by atoms with Crippen molar-refractivity contribution in [2.24, 2.45) is 5.92 Å². The van der Waals surface area contributed by atoms with Gasteiger partial charge in [-0.3, -0.25) is 4.79 Å². The maximum atomic E-state index is 13.0. The lowest BCUT2D eigenvalue weighted by molar-refractivity contribution is -0.139. The van der Waals surface area contributed by atoms with E-state index < -0.39 is 0 Å². The SMILES string of the molecule is O=C([C@H]1Cc2ccccc2CN1)N1[C@@H]2CC[C@H]1CC(CO)C2. The molecule has 4 atom stereocenters. The molecule has 0 spiro atoms. The first kappa shape index (κ1) is 14.2. The fourth-order valence-electron chi connectivity index (χ4n) is 4.61. The number of benzene rings is 1. The number of hydrogen-bond acceptors (Lipinski definition) is 3. The molecule has 2 N–H and O–H groups in total. The van der Waals surface area contributed by atoms with Gasteiger partial charge in [-0.05, 0) is 49.1 Å². The third-order valence-corrected chi connectivity index (χ3v) is 5.72. The van der Waals surface area contributed by atoms with Crippen molar-refractivity contribution < 1.29 is 9.90 Å². The molecular formula is C18H24N2O2. The van der Waals surface area contributed by atoms with Gasteiger partial charge >= 0.3 is 0 Å². The number of amides is 1. The van der Waals surface area contributed by atoms with Crippen LogP contribution < -0.4 is 5.32 Å². The lowest BCUT2D eigenvalue weighted by Crippen LogP contribution is -2.55. The highest BCUT2D eigenvalue weighted by Crippen LogP contribution is 2.39. The van der Waals surface area contributed by atoms with Gasteiger partial charge in [0.25, 0.3) is 0 Å². The average molecular weight is 300 g/mol. The van der Waals surface area contributed by atoms with Crippen LogP contribution in [-0.4, -0.2) is 40.6 Å². The summed E-state index contributed by atoms with van der Waals surface area (Å²) in [4.78, 5) is 15.2. The molecule has 2 bridgehead atoms. The minimum atomic E-state index is -0.0799. The summed E-state index contributed by atoms with van der Waals surface area (Å²) in [5.41, 5.74) is 2.62. The normalized spacial score (nSPS) is 33.6. The summed E-state index contributed by atoms with van der Waals surface area (Å²) in [6, 6.07) is 9.01. The minimum Gasteiger partial charge on any atom is -0.396 e. The van der Waals surface area contributed by atoms with Crippen LogP contribution in [0.3, 0.4) is 0 Å². The Hall–Kier alpha value is -1.39. The van der Waals surface area contributed by atoms with Crippen molar-refractivity contribution in [1.29, 1.82) is 0 Å². The van der Waals surface area contributed by atoms with Gasteiger partial charge in [0.15, 0.2) is 0 Å². The second-order valence-corrected chi connectivity index (χ2v) is 7.06. The van der Waals surface area contributed by atoms with Crippen LogP contribution in [-0.2, 0) is 17.8 Å². The Morgan fingerprint density at radius 2 is 1.86 bits per heavy atom. The Bertz CT molecular complexity index is 560. The first-order valence-electron chi connectivity index (χ1n) is 8.49. The molecule has 2 saturated heterocycles. The summed E-state index contributed by atoms with van der Waals surface area (Å²) in [7, 11) is 0. The molecule has 3 heterocycles. The Kier molecular flexibility index (Phi) is 3.66. The summed E-state index contributed by atoms with van der Waals surface area (Å²) in [5, 5.41) is 12.8. The molecule has 3 aliphatic rings. The predicted molar refractivity (Wildman–Crippen MR) is 84.2 cm³/mol. The van der Waals surface area contributed by atoms with E-state index in [0.29, 0.717) is 18.0 Å². The molecule has 0 radical (unpaired) electrons. The van der Waals surface area contributed by atoms with Gasteiger partial charge in [-0.25, -0.2) is 0 Å². The van der Waals surface area contributed by atoms with E-state index >= 15 is 0 Å². The van der Waals surface area contributed by atoms with Crippen LogP contribution in [0, 0.1) is 5.92 Å². The van der Waals surface area contributed by atoms with Crippen molar-refractivity contribution in [3.8, 4) is 0 Å². The van der Waals surface area contributed by atoms with Gasteiger partial charge < -0.3 is 15.3 Å². The van der Waals surface area contributed by atoms with Crippen LogP contribution in [0.25, 0.3) is 0 Å². The molecule has 4 heteroatoms. The first-order chi connectivity index (χ1) is 10.8. The third-order valence-electron chi connectivity index (χ3n) is 5.72. The highest BCUT2D eigenvalue weighted by atomic mass is 16.3. The number of carbonyl (C=O) groups excluding carboxylic acids is 1. The molecule has 4 nitrogen and oxygen atoms in total. The van der Waals surface area contributed by atoms with Crippen molar-refractivity contribution in [1.82, 2.24) is 10.2 Å². The second kappa shape index (κ2) is 5.67. The average Bonchev–Trinajstić information content (AvgIpc) is 2.83. The quantitative estimate of drug-likeness (QED) is 0.869. The maximum Gasteiger partial charge on any atom is 0.240 e. The molecule has 0 aliphatic carbocycles. The van der Waals surface area contributed by atoms with Crippen molar-refractivity contribution in [3.05, 3.63) is 35.4 Å². The molecule has 22 heavy (non-hydrogen) atoms. The number of aliphatic hydroxyl groups is 1. The number of rotatable bonds is 2. The molecule has 0 saturated carbocycles. The number of nitrogens with zero attached hydrogens (tertiary/aromatic N) is 1. The standard InChI is InChI=1S/C18H24N2O2/c21-11-12-7-15-5-6-16(8-12)20(15)18(22)17-9-13-3-1-2-4-14(13)10-19-17/h1-4,12,15-17,19,21H,5-11H2/t12?,15-,16+,17-/m1/s1. The van der Waals surface area contributed by atoms with Gasteiger partial charge in [0.05, 0.1) is 6.04 Å². The van der Waals surface area contributed by atoms with Crippen LogP contribution in [0.4, 0.5) is 0 Å². The van der Waals surface area contributed by atoms with E-state index in [1.165, 1.54) is 11.1 Å². The van der Waals surface area contributed by atoms with Crippen LogP contribution >= 0.6 is 0 Å². The van der Waals surface area contributed by atoms with Crippen molar-refractivity contribution in [2.75, 3.05) is 6.61 Å². The van der Waals surface area contributed by atoms with Crippen molar-refractivity contribution in [2.45, 2.75) is 56.8 Å². The molecule has 118 valence electrons. The van der Waals surface area contributed by atoms with Crippen LogP contribution in [0.15, 0.2) is 24.3 Å². The second-order valence-electron chi connectivity index (χ2n) is 7.06. The lowest BCUT2D eigenvalue weighted by Gasteiger charge is -2.41. The van der Waals surface area contributed by atoms with E-state index in [0.717, 1.165) is 38.6 Å². The van der Waals surface area contributed by atoms with Crippen LogP contribution in [0.2, 0.25) is 0 Å². The summed E-state index contributed by atoms with van der Waals surface area (Å²) >= 11 is 0. The van der Waals surface area contributed by atoms with Gasteiger partial charge in [-0.1, -0.05) is 24.3 Å². The molecule has 1 amide bonds. The highest BCUT2D eigenvalue weighted by Gasteiger charge is 2.44. The molecule has 0 aromatic heterocycles. The van der Waals surface area contributed by atoms with E-state index in [1.54, 1.807) is 0 Å². The summed E-state index contributed by atoms with van der Waals surface area (Å²) < 4.78 is 0. The predicted octanol–water partition coefficient (Wildman–Crippen LogP) is 1.46. The Labute approximate surface area is 131 Å². The smallest absolute Gasteiger partial charge is 0.240 e. The Morgan fingerprint density at radius 1 is 1.18 bits per heavy atom. The summed E-state index contributed by atoms with van der Waals surface area (Å²) in [6.07, 6.45) is 4.96. The zero-order valence-electron chi connectivity index (χ0n) is 12.9. The number of fused-ring (bicyclic) bond motifs is 3. The van der Waals surface area contributed by atoms with Crippen molar-refractivity contribution >= 4 is 5.91 Å². The molecule has 3 aliphatic heterocycles. The molecule has 1 aromatic carbocycles. The van der Waals surface area contributed by atoms with Crippen LogP contribution in [0.5, 0.6) is 0 Å². The van der Waals surface area contributed by atoms with Gasteiger partial charge in [0.2, 0.25) is 5.91 Å². The Balaban J connectivity index is 1.49. The minimum absolute atomic E-state index is 0.0799. The largest absolute Gasteiger partial charge is 0.396 e. The van der Waals surface area contributed by atoms with E-state index in [2.05, 4.69) is 34.5 Å². The van der Waals surface area contributed by atoms with E-state index in [1.807, 2.05) is 0 Å². The number of nitrogens with one attached hydrogen (secondary N) is 1. The fraction of sp³-hybridized carbons (Fsp3) is 0.611.